The number of nitrogens with zero attached hydrogens (tertiary/aromatic N) is 1. The van der Waals surface area contributed by atoms with Crippen molar-refractivity contribution < 1.29 is 8.42 Å². The molecule has 2 heterocycles. The largest absolute Gasteiger partial charge is 0.361 e. The minimum Gasteiger partial charge on any atom is -0.361 e. The van der Waals surface area contributed by atoms with Crippen LogP contribution in [0.15, 0.2) is 114 Å². The summed E-state index contributed by atoms with van der Waals surface area (Å²) >= 11 is 0. The average Bonchev–Trinajstić information content (AvgIpc) is 3.32. The third-order valence-electron chi connectivity index (χ3n) is 6.62. The third kappa shape index (κ3) is 3.56. The second-order valence-electron chi connectivity index (χ2n) is 8.83. The number of hydrogen-bond donors (Lipinski definition) is 1. The van der Waals surface area contributed by atoms with Gasteiger partial charge >= 0.3 is 0 Å². The maximum atomic E-state index is 14.4. The Bertz CT molecular complexity index is 1670. The molecule has 5 heteroatoms. The molecule has 1 aromatic heterocycles. The number of benzene rings is 4. The molecule has 4 aromatic carbocycles. The summed E-state index contributed by atoms with van der Waals surface area (Å²) in [4.78, 5) is 3.62. The number of aromatic nitrogens is 1. The van der Waals surface area contributed by atoms with Crippen molar-refractivity contribution in [3.05, 3.63) is 137 Å². The topological polar surface area (TPSA) is 53.2 Å². The Hall–Kier alpha value is -4.09. The van der Waals surface area contributed by atoms with Gasteiger partial charge in [0.2, 0.25) is 0 Å². The van der Waals surface area contributed by atoms with Crippen LogP contribution in [0.1, 0.15) is 33.9 Å². The standard InChI is InChI=1S/C30H24N2O2S/c1-21-15-17-24(18-16-21)35(33,34)32-29(22-9-3-2-4-10-22)19-23-11-5-6-12-25(23)30(32)27-20-31-28-14-8-7-13-26(27)28/h2-20,30-31H,1H3/t30-/m1/s1. The molecule has 0 amide bonds. The Kier molecular flexibility index (Phi) is 5.08. The van der Waals surface area contributed by atoms with E-state index in [0.29, 0.717) is 5.70 Å². The first-order valence-corrected chi connectivity index (χ1v) is 13.0. The number of rotatable bonds is 4. The van der Waals surface area contributed by atoms with E-state index in [0.717, 1.165) is 38.7 Å². The highest BCUT2D eigenvalue weighted by molar-refractivity contribution is 7.89. The number of fused-ring (bicyclic) bond motifs is 2. The Morgan fingerprint density at radius 2 is 1.43 bits per heavy atom. The Morgan fingerprint density at radius 3 is 2.23 bits per heavy atom. The normalized spacial score (nSPS) is 15.6. The summed E-state index contributed by atoms with van der Waals surface area (Å²) < 4.78 is 30.4. The molecule has 0 aliphatic carbocycles. The van der Waals surface area contributed by atoms with Gasteiger partial charge < -0.3 is 4.98 Å². The van der Waals surface area contributed by atoms with Crippen molar-refractivity contribution in [3.63, 3.8) is 0 Å². The molecule has 1 aliphatic heterocycles. The first-order valence-electron chi connectivity index (χ1n) is 11.6. The average molecular weight is 477 g/mol. The summed E-state index contributed by atoms with van der Waals surface area (Å²) in [6.45, 7) is 1.96. The van der Waals surface area contributed by atoms with Crippen LogP contribution in [0, 0.1) is 6.92 Å². The van der Waals surface area contributed by atoms with Crippen LogP contribution in [0.5, 0.6) is 0 Å². The molecule has 0 fully saturated rings. The zero-order valence-electron chi connectivity index (χ0n) is 19.2. The van der Waals surface area contributed by atoms with Crippen molar-refractivity contribution in [2.24, 2.45) is 0 Å². The van der Waals surface area contributed by atoms with Crippen molar-refractivity contribution in [1.29, 1.82) is 0 Å². The number of aromatic amines is 1. The molecule has 0 bridgehead atoms. The first-order chi connectivity index (χ1) is 17.0. The van der Waals surface area contributed by atoms with E-state index < -0.39 is 16.1 Å². The lowest BCUT2D eigenvalue weighted by Gasteiger charge is -2.38. The molecule has 0 saturated heterocycles. The second kappa shape index (κ2) is 8.29. The van der Waals surface area contributed by atoms with Gasteiger partial charge in [-0.15, -0.1) is 0 Å². The summed E-state index contributed by atoms with van der Waals surface area (Å²) in [6.07, 6.45) is 3.93. The smallest absolute Gasteiger partial charge is 0.265 e. The molecule has 35 heavy (non-hydrogen) atoms. The van der Waals surface area contributed by atoms with Crippen molar-refractivity contribution in [3.8, 4) is 0 Å². The van der Waals surface area contributed by atoms with Crippen molar-refractivity contribution in [2.75, 3.05) is 0 Å². The van der Waals surface area contributed by atoms with E-state index in [2.05, 4.69) is 11.1 Å². The highest BCUT2D eigenvalue weighted by atomic mass is 32.2. The van der Waals surface area contributed by atoms with Crippen molar-refractivity contribution in [2.45, 2.75) is 17.9 Å². The van der Waals surface area contributed by atoms with Crippen LogP contribution >= 0.6 is 0 Å². The molecule has 5 aromatic rings. The van der Waals surface area contributed by atoms with Gasteiger partial charge in [-0.1, -0.05) is 90.5 Å². The van der Waals surface area contributed by atoms with E-state index in [-0.39, 0.29) is 4.90 Å². The van der Waals surface area contributed by atoms with Crippen LogP contribution in [0.3, 0.4) is 0 Å². The summed E-state index contributed by atoms with van der Waals surface area (Å²) in [5.41, 5.74) is 6.38. The van der Waals surface area contributed by atoms with Gasteiger partial charge in [0.15, 0.2) is 0 Å². The lowest BCUT2D eigenvalue weighted by molar-refractivity contribution is 0.463. The van der Waals surface area contributed by atoms with E-state index in [1.807, 2.05) is 104 Å². The summed E-state index contributed by atoms with van der Waals surface area (Å²) in [5, 5.41) is 1.01. The van der Waals surface area contributed by atoms with Gasteiger partial charge in [-0.3, -0.25) is 4.31 Å². The molecule has 0 unspecified atom stereocenters. The fourth-order valence-corrected chi connectivity index (χ4v) is 6.52. The zero-order valence-corrected chi connectivity index (χ0v) is 20.0. The Labute approximate surface area is 205 Å². The molecule has 6 rings (SSSR count). The van der Waals surface area contributed by atoms with Crippen LogP contribution in [-0.4, -0.2) is 17.7 Å². The van der Waals surface area contributed by atoms with Crippen LogP contribution in [0.4, 0.5) is 0 Å². The van der Waals surface area contributed by atoms with Crippen LogP contribution < -0.4 is 0 Å². The van der Waals surface area contributed by atoms with E-state index in [4.69, 9.17) is 0 Å². The van der Waals surface area contributed by atoms with Gasteiger partial charge in [0, 0.05) is 22.7 Å². The molecule has 0 radical (unpaired) electrons. The monoisotopic (exact) mass is 476 g/mol. The van der Waals surface area contributed by atoms with Crippen LogP contribution in [0.2, 0.25) is 0 Å². The van der Waals surface area contributed by atoms with Crippen molar-refractivity contribution in [1.82, 2.24) is 9.29 Å². The number of hydrogen-bond acceptors (Lipinski definition) is 2. The quantitative estimate of drug-likeness (QED) is 0.311. The van der Waals surface area contributed by atoms with E-state index in [9.17, 15) is 8.42 Å². The minimum atomic E-state index is -3.91. The SMILES string of the molecule is Cc1ccc(S(=O)(=O)N2C(c3ccccc3)=Cc3ccccc3[C@@H]2c2c[nH]c3ccccc23)cc1. The molecule has 0 spiro atoms. The number of H-pyrrole nitrogens is 1. The molecule has 172 valence electrons. The maximum Gasteiger partial charge on any atom is 0.265 e. The molecule has 4 nitrogen and oxygen atoms in total. The molecule has 1 aliphatic rings. The molecular weight excluding hydrogens is 452 g/mol. The van der Waals surface area contributed by atoms with Gasteiger partial charge in [-0.2, -0.15) is 0 Å². The summed E-state index contributed by atoms with van der Waals surface area (Å²) in [7, 11) is -3.91. The van der Waals surface area contributed by atoms with Gasteiger partial charge in [-0.25, -0.2) is 8.42 Å². The fourth-order valence-electron chi connectivity index (χ4n) is 4.89. The fraction of sp³-hybridized carbons (Fsp3) is 0.0667. The molecule has 0 saturated carbocycles. The number of aryl methyl sites for hydroxylation is 1. The molecule has 1 N–H and O–H groups in total. The van der Waals surface area contributed by atoms with Gasteiger partial charge in [0.05, 0.1) is 16.6 Å². The lowest BCUT2D eigenvalue weighted by Crippen LogP contribution is -2.36. The summed E-state index contributed by atoms with van der Waals surface area (Å²) in [6, 6.07) is 32.4. The van der Waals surface area contributed by atoms with Gasteiger partial charge in [0.1, 0.15) is 0 Å². The molecular formula is C30H24N2O2S. The maximum absolute atomic E-state index is 14.4. The van der Waals surface area contributed by atoms with E-state index in [1.54, 1.807) is 16.4 Å². The molecule has 1 atom stereocenters. The zero-order chi connectivity index (χ0) is 24.0. The third-order valence-corrected chi connectivity index (χ3v) is 8.41. The number of sulfonamides is 1. The highest BCUT2D eigenvalue weighted by Gasteiger charge is 2.40. The number of nitrogens with one attached hydrogen (secondary N) is 1. The summed E-state index contributed by atoms with van der Waals surface area (Å²) in [5.74, 6) is 0. The first kappa shape index (κ1) is 21.4. The second-order valence-corrected chi connectivity index (χ2v) is 10.6. The van der Waals surface area contributed by atoms with Gasteiger partial charge in [0.25, 0.3) is 10.0 Å². The number of para-hydroxylation sites is 1. The van der Waals surface area contributed by atoms with Crippen LogP contribution in [0.25, 0.3) is 22.7 Å². The van der Waals surface area contributed by atoms with Gasteiger partial charge in [-0.05, 0) is 47.9 Å². The van der Waals surface area contributed by atoms with E-state index in [1.165, 1.54) is 0 Å². The van der Waals surface area contributed by atoms with Crippen molar-refractivity contribution >= 4 is 32.7 Å². The highest BCUT2D eigenvalue weighted by Crippen LogP contribution is 2.46. The Balaban J connectivity index is 1.67. The lowest BCUT2D eigenvalue weighted by atomic mass is 9.89. The predicted molar refractivity (Wildman–Crippen MR) is 141 cm³/mol. The van der Waals surface area contributed by atoms with E-state index >= 15 is 0 Å². The Morgan fingerprint density at radius 1 is 0.743 bits per heavy atom. The minimum absolute atomic E-state index is 0.272. The van der Waals surface area contributed by atoms with Crippen LogP contribution in [-0.2, 0) is 10.0 Å². The predicted octanol–water partition coefficient (Wildman–Crippen LogP) is 6.77.